The molecule has 2 aliphatic heterocycles. The van der Waals surface area contributed by atoms with Crippen molar-refractivity contribution in [2.24, 2.45) is 0 Å². The van der Waals surface area contributed by atoms with Gasteiger partial charge in [0.1, 0.15) is 5.78 Å². The molecule has 14 heavy (non-hydrogen) atoms. The van der Waals surface area contributed by atoms with Crippen molar-refractivity contribution in [1.82, 2.24) is 4.90 Å². The second-order valence-electron chi connectivity index (χ2n) is 4.50. The smallest absolute Gasteiger partial charge is 0.136 e. The van der Waals surface area contributed by atoms with Crippen LogP contribution in [-0.4, -0.2) is 29.3 Å². The highest BCUT2D eigenvalue weighted by Gasteiger charge is 2.36. The number of carbonyl (C=O) groups excluding carboxylic acids is 1. The Morgan fingerprint density at radius 1 is 1.36 bits per heavy atom. The maximum atomic E-state index is 11.4. The van der Waals surface area contributed by atoms with E-state index in [0.29, 0.717) is 17.9 Å². The van der Waals surface area contributed by atoms with Crippen LogP contribution in [0.4, 0.5) is 0 Å². The van der Waals surface area contributed by atoms with Gasteiger partial charge in [-0.05, 0) is 19.3 Å². The van der Waals surface area contributed by atoms with E-state index in [-0.39, 0.29) is 0 Å². The Kier molecular flexibility index (Phi) is 3.02. The third-order valence-electron chi connectivity index (χ3n) is 3.53. The molecule has 0 N–H and O–H groups in total. The molecule has 2 nitrogen and oxygen atoms in total. The summed E-state index contributed by atoms with van der Waals surface area (Å²) >= 11 is 0. The molecule has 0 aromatic heterocycles. The van der Waals surface area contributed by atoms with Crippen molar-refractivity contribution in [2.75, 3.05) is 6.54 Å². The molecule has 0 aromatic rings. The highest BCUT2D eigenvalue weighted by molar-refractivity contribution is 5.80. The van der Waals surface area contributed by atoms with E-state index >= 15 is 0 Å². The lowest BCUT2D eigenvalue weighted by atomic mass is 9.84. The normalized spacial score (nSPS) is 33.0. The third-order valence-corrected chi connectivity index (χ3v) is 3.53. The Labute approximate surface area is 86.0 Å². The van der Waals surface area contributed by atoms with E-state index in [1.807, 2.05) is 6.08 Å². The highest BCUT2D eigenvalue weighted by atomic mass is 16.1. The first-order chi connectivity index (χ1) is 6.81. The van der Waals surface area contributed by atoms with Crippen LogP contribution in [0, 0.1) is 0 Å². The standard InChI is InChI=1S/C12H19NO/c1-2-3-7-13-10-5-4-6-11(13)9-12(14)8-10/h2,10-11H,1,3-9H2. The summed E-state index contributed by atoms with van der Waals surface area (Å²) in [5, 5.41) is 0. The quantitative estimate of drug-likeness (QED) is 0.640. The molecule has 2 heterocycles. The van der Waals surface area contributed by atoms with Gasteiger partial charge in [-0.15, -0.1) is 6.58 Å². The van der Waals surface area contributed by atoms with Gasteiger partial charge in [0.15, 0.2) is 0 Å². The van der Waals surface area contributed by atoms with E-state index in [9.17, 15) is 4.79 Å². The highest BCUT2D eigenvalue weighted by Crippen LogP contribution is 2.32. The average molecular weight is 193 g/mol. The summed E-state index contributed by atoms with van der Waals surface area (Å²) < 4.78 is 0. The van der Waals surface area contributed by atoms with Crippen LogP contribution in [0.25, 0.3) is 0 Å². The van der Waals surface area contributed by atoms with Crippen LogP contribution >= 0.6 is 0 Å². The Hall–Kier alpha value is -0.630. The van der Waals surface area contributed by atoms with E-state index in [0.717, 1.165) is 25.8 Å². The number of ketones is 1. The van der Waals surface area contributed by atoms with E-state index in [4.69, 9.17) is 0 Å². The number of fused-ring (bicyclic) bond motifs is 2. The largest absolute Gasteiger partial charge is 0.300 e. The van der Waals surface area contributed by atoms with Gasteiger partial charge in [0, 0.05) is 31.5 Å². The molecule has 2 atom stereocenters. The molecule has 2 saturated heterocycles. The molecule has 0 radical (unpaired) electrons. The fourth-order valence-corrected chi connectivity index (χ4v) is 2.87. The number of piperidine rings is 2. The van der Waals surface area contributed by atoms with Gasteiger partial charge in [0.05, 0.1) is 0 Å². The van der Waals surface area contributed by atoms with E-state index in [2.05, 4.69) is 11.5 Å². The molecule has 0 spiro atoms. The monoisotopic (exact) mass is 193 g/mol. The van der Waals surface area contributed by atoms with Crippen molar-refractivity contribution in [1.29, 1.82) is 0 Å². The molecule has 2 aliphatic rings. The van der Waals surface area contributed by atoms with Crippen LogP contribution < -0.4 is 0 Å². The first-order valence-electron chi connectivity index (χ1n) is 5.69. The minimum Gasteiger partial charge on any atom is -0.300 e. The molecule has 0 aliphatic carbocycles. The van der Waals surface area contributed by atoms with E-state index < -0.39 is 0 Å². The summed E-state index contributed by atoms with van der Waals surface area (Å²) in [5.74, 6) is 0.481. The number of hydrogen-bond acceptors (Lipinski definition) is 2. The molecule has 78 valence electrons. The van der Waals surface area contributed by atoms with Gasteiger partial charge in [0.25, 0.3) is 0 Å². The Morgan fingerprint density at radius 2 is 2.00 bits per heavy atom. The maximum absolute atomic E-state index is 11.4. The SMILES string of the molecule is C=CCCN1C2CCCC1CC(=O)C2. The Bertz CT molecular complexity index is 220. The molecule has 2 fully saturated rings. The Morgan fingerprint density at radius 3 is 2.57 bits per heavy atom. The summed E-state index contributed by atoms with van der Waals surface area (Å²) in [5.41, 5.74) is 0. The fraction of sp³-hybridized carbons (Fsp3) is 0.750. The second-order valence-corrected chi connectivity index (χ2v) is 4.50. The number of nitrogens with zero attached hydrogens (tertiary/aromatic N) is 1. The lowest BCUT2D eigenvalue weighted by Crippen LogP contribution is -2.52. The first-order valence-corrected chi connectivity index (χ1v) is 5.69. The van der Waals surface area contributed by atoms with Crippen molar-refractivity contribution in [3.05, 3.63) is 12.7 Å². The van der Waals surface area contributed by atoms with Crippen LogP contribution in [0.2, 0.25) is 0 Å². The van der Waals surface area contributed by atoms with Crippen molar-refractivity contribution in [3.8, 4) is 0 Å². The third kappa shape index (κ3) is 1.90. The zero-order valence-electron chi connectivity index (χ0n) is 8.74. The summed E-state index contributed by atoms with van der Waals surface area (Å²) in [4.78, 5) is 14.0. The number of carbonyl (C=O) groups is 1. The molecule has 2 bridgehead atoms. The van der Waals surface area contributed by atoms with Crippen LogP contribution in [0.15, 0.2) is 12.7 Å². The van der Waals surface area contributed by atoms with Crippen molar-refractivity contribution < 1.29 is 4.79 Å². The minimum atomic E-state index is 0.481. The number of hydrogen-bond donors (Lipinski definition) is 0. The predicted molar refractivity (Wildman–Crippen MR) is 57.2 cm³/mol. The van der Waals surface area contributed by atoms with Crippen molar-refractivity contribution >= 4 is 5.78 Å². The zero-order valence-corrected chi connectivity index (χ0v) is 8.74. The lowest BCUT2D eigenvalue weighted by Gasteiger charge is -2.45. The van der Waals surface area contributed by atoms with Gasteiger partial charge in [-0.2, -0.15) is 0 Å². The van der Waals surface area contributed by atoms with Gasteiger partial charge < -0.3 is 0 Å². The minimum absolute atomic E-state index is 0.481. The van der Waals surface area contributed by atoms with Crippen molar-refractivity contribution in [2.45, 2.75) is 50.6 Å². The van der Waals surface area contributed by atoms with Gasteiger partial charge >= 0.3 is 0 Å². The number of rotatable bonds is 3. The molecular formula is C12H19NO. The van der Waals surface area contributed by atoms with E-state index in [1.54, 1.807) is 0 Å². The molecular weight excluding hydrogens is 174 g/mol. The molecule has 0 saturated carbocycles. The Balaban J connectivity index is 2.01. The molecule has 2 rings (SSSR count). The molecule has 2 heteroatoms. The summed E-state index contributed by atoms with van der Waals surface area (Å²) in [6, 6.07) is 1.10. The molecule has 2 unspecified atom stereocenters. The van der Waals surface area contributed by atoms with Crippen LogP contribution in [0.1, 0.15) is 38.5 Å². The van der Waals surface area contributed by atoms with Gasteiger partial charge in [-0.1, -0.05) is 12.5 Å². The summed E-state index contributed by atoms with van der Waals surface area (Å²) in [6.07, 6.45) is 8.39. The molecule has 0 amide bonds. The zero-order chi connectivity index (χ0) is 9.97. The summed E-state index contributed by atoms with van der Waals surface area (Å²) in [7, 11) is 0. The van der Waals surface area contributed by atoms with Crippen molar-refractivity contribution in [3.63, 3.8) is 0 Å². The summed E-state index contributed by atoms with van der Waals surface area (Å²) in [6.45, 7) is 4.86. The topological polar surface area (TPSA) is 20.3 Å². The fourth-order valence-electron chi connectivity index (χ4n) is 2.87. The molecule has 0 aromatic carbocycles. The van der Waals surface area contributed by atoms with Gasteiger partial charge in [0.2, 0.25) is 0 Å². The van der Waals surface area contributed by atoms with E-state index in [1.165, 1.54) is 19.3 Å². The van der Waals surface area contributed by atoms with Crippen LogP contribution in [0.5, 0.6) is 0 Å². The second kappa shape index (κ2) is 4.26. The predicted octanol–water partition coefficient (Wildman–Crippen LogP) is 2.15. The van der Waals surface area contributed by atoms with Gasteiger partial charge in [-0.3, -0.25) is 9.69 Å². The number of Topliss-reactive ketones (excluding diaryl/α,β-unsaturated/α-hetero) is 1. The maximum Gasteiger partial charge on any atom is 0.136 e. The van der Waals surface area contributed by atoms with Crippen LogP contribution in [0.3, 0.4) is 0 Å². The van der Waals surface area contributed by atoms with Crippen LogP contribution in [-0.2, 0) is 4.79 Å². The lowest BCUT2D eigenvalue weighted by molar-refractivity contribution is -0.127. The van der Waals surface area contributed by atoms with Gasteiger partial charge in [-0.25, -0.2) is 0 Å². The average Bonchev–Trinajstić information content (AvgIpc) is 2.14. The first kappa shape index (κ1) is 9.91.